The van der Waals surface area contributed by atoms with Gasteiger partial charge in [0.25, 0.3) is 5.56 Å². The van der Waals surface area contributed by atoms with Crippen molar-refractivity contribution in [2.45, 2.75) is 52.7 Å². The Bertz CT molecular complexity index is 913. The van der Waals surface area contributed by atoms with E-state index in [-0.39, 0.29) is 5.56 Å². The van der Waals surface area contributed by atoms with Gasteiger partial charge in [-0.05, 0) is 69.6 Å². The minimum Gasteiger partial charge on any atom is -0.380 e. The highest BCUT2D eigenvalue weighted by Gasteiger charge is 2.56. The first-order valence-electron chi connectivity index (χ1n) is 10.5. The van der Waals surface area contributed by atoms with Gasteiger partial charge < -0.3 is 10.6 Å². The summed E-state index contributed by atoms with van der Waals surface area (Å²) in [5.74, 6) is 2.14. The van der Waals surface area contributed by atoms with Crippen LogP contribution in [0.1, 0.15) is 39.2 Å². The van der Waals surface area contributed by atoms with Gasteiger partial charge in [0, 0.05) is 31.5 Å². The van der Waals surface area contributed by atoms with Gasteiger partial charge in [-0.25, -0.2) is 4.68 Å². The van der Waals surface area contributed by atoms with Crippen molar-refractivity contribution in [1.82, 2.24) is 20.1 Å². The van der Waals surface area contributed by atoms with Crippen LogP contribution in [0.4, 0.5) is 5.69 Å². The lowest BCUT2D eigenvalue weighted by molar-refractivity contribution is -0.105. The molecule has 0 amide bonds. The van der Waals surface area contributed by atoms with E-state index in [1.807, 2.05) is 12.1 Å². The minimum absolute atomic E-state index is 0.0883. The topological polar surface area (TPSA) is 71.8 Å². The molecule has 0 saturated heterocycles. The lowest BCUT2D eigenvalue weighted by Gasteiger charge is -2.62. The Balaban J connectivity index is 1.35. The maximum Gasteiger partial charge on any atom is 0.283 e. The second-order valence-corrected chi connectivity index (χ2v) is 9.93. The summed E-state index contributed by atoms with van der Waals surface area (Å²) in [6, 6.07) is 4.36. The molecule has 0 aliphatic heterocycles. The molecule has 0 radical (unpaired) electrons. The number of aromatic nitrogens is 3. The molecule has 2 bridgehead atoms. The van der Waals surface area contributed by atoms with Gasteiger partial charge in [-0.15, -0.1) is 0 Å². The molecule has 3 saturated carbocycles. The highest BCUT2D eigenvalue weighted by Crippen LogP contribution is 2.61. The zero-order valence-corrected chi connectivity index (χ0v) is 18.9. The van der Waals surface area contributed by atoms with Crippen molar-refractivity contribution in [1.29, 1.82) is 0 Å². The van der Waals surface area contributed by atoms with Crippen LogP contribution in [0, 0.1) is 23.2 Å². The number of pyridine rings is 1. The number of hydrogen-bond acceptors (Lipinski definition) is 5. The third-order valence-corrected chi connectivity index (χ3v) is 8.03. The van der Waals surface area contributed by atoms with Crippen molar-refractivity contribution in [3.8, 4) is 0 Å². The Morgan fingerprint density at radius 2 is 2.03 bits per heavy atom. The molecule has 6 nitrogen and oxygen atoms in total. The molecule has 0 aromatic carbocycles. The molecule has 0 spiro atoms. The Labute approximate surface area is 180 Å². The monoisotopic (exact) mass is 459 g/mol. The van der Waals surface area contributed by atoms with Crippen molar-refractivity contribution in [3.05, 3.63) is 51.1 Å². The van der Waals surface area contributed by atoms with Gasteiger partial charge in [-0.3, -0.25) is 9.78 Å². The number of hydrogen-bond donors (Lipinski definition) is 2. The Hall–Kier alpha value is -1.73. The van der Waals surface area contributed by atoms with Crippen molar-refractivity contribution in [3.63, 3.8) is 0 Å². The van der Waals surface area contributed by atoms with Crippen molar-refractivity contribution < 1.29 is 0 Å². The van der Waals surface area contributed by atoms with E-state index in [2.05, 4.69) is 57.4 Å². The van der Waals surface area contributed by atoms with E-state index in [9.17, 15) is 4.79 Å². The molecule has 3 aliphatic carbocycles. The van der Waals surface area contributed by atoms with E-state index in [1.54, 1.807) is 18.6 Å². The fourth-order valence-corrected chi connectivity index (χ4v) is 5.60. The van der Waals surface area contributed by atoms with E-state index in [1.165, 1.54) is 23.1 Å². The highest BCUT2D eigenvalue weighted by atomic mass is 79.9. The van der Waals surface area contributed by atoms with E-state index < -0.39 is 0 Å². The van der Waals surface area contributed by atoms with Crippen LogP contribution in [-0.4, -0.2) is 27.4 Å². The van der Waals surface area contributed by atoms with Crippen LogP contribution in [0.5, 0.6) is 0 Å². The predicted octanol–water partition coefficient (Wildman–Crippen LogP) is 3.67. The predicted molar refractivity (Wildman–Crippen MR) is 119 cm³/mol. The first kappa shape index (κ1) is 20.5. The number of anilines is 1. The standard InChI is InChI=1S/C22H30BrN5O/c1-14-17-10-16(22(17,2)3)11-18(14)27-19-13-26-28(21(29)20(19)23)9-8-25-12-15-4-6-24-7-5-15/h4-7,13-14,16-18,25,27H,8-12H2,1-3H3/t14-,16+,17-,18-/m1/s1. The largest absolute Gasteiger partial charge is 0.380 e. The zero-order valence-electron chi connectivity index (χ0n) is 17.4. The first-order valence-corrected chi connectivity index (χ1v) is 11.3. The number of nitrogens with zero attached hydrogens (tertiary/aromatic N) is 3. The molecule has 4 atom stereocenters. The molecule has 29 heavy (non-hydrogen) atoms. The van der Waals surface area contributed by atoms with Crippen LogP contribution in [0.2, 0.25) is 0 Å². The Morgan fingerprint density at radius 3 is 2.72 bits per heavy atom. The van der Waals surface area contributed by atoms with Crippen LogP contribution in [-0.2, 0) is 13.1 Å². The summed E-state index contributed by atoms with van der Waals surface area (Å²) in [6.45, 7) is 9.10. The maximum absolute atomic E-state index is 12.7. The van der Waals surface area contributed by atoms with Crippen LogP contribution in [0.3, 0.4) is 0 Å². The lowest BCUT2D eigenvalue weighted by atomic mass is 9.45. The highest BCUT2D eigenvalue weighted by molar-refractivity contribution is 9.10. The normalized spacial score (nSPS) is 27.3. The second-order valence-electron chi connectivity index (χ2n) is 9.14. The van der Waals surface area contributed by atoms with Gasteiger partial charge in [0.15, 0.2) is 0 Å². The van der Waals surface area contributed by atoms with Gasteiger partial charge in [0.1, 0.15) is 4.47 Å². The minimum atomic E-state index is -0.0883. The van der Waals surface area contributed by atoms with Gasteiger partial charge in [-0.2, -0.15) is 5.10 Å². The first-order chi connectivity index (χ1) is 13.9. The van der Waals surface area contributed by atoms with Crippen molar-refractivity contribution in [2.75, 3.05) is 11.9 Å². The molecule has 5 rings (SSSR count). The fraction of sp³-hybridized carbons (Fsp3) is 0.591. The summed E-state index contributed by atoms with van der Waals surface area (Å²) in [4.78, 5) is 16.7. The van der Waals surface area contributed by atoms with Crippen LogP contribution in [0.25, 0.3) is 0 Å². The fourth-order valence-electron chi connectivity index (χ4n) is 5.18. The van der Waals surface area contributed by atoms with E-state index in [0.29, 0.717) is 34.9 Å². The van der Waals surface area contributed by atoms with Crippen molar-refractivity contribution >= 4 is 21.6 Å². The Kier molecular flexibility index (Phi) is 5.80. The third-order valence-electron chi connectivity index (χ3n) is 7.26. The summed E-state index contributed by atoms with van der Waals surface area (Å²) in [5, 5.41) is 11.3. The van der Waals surface area contributed by atoms with Gasteiger partial charge >= 0.3 is 0 Å². The average Bonchev–Trinajstić information content (AvgIpc) is 2.71. The summed E-state index contributed by atoms with van der Waals surface area (Å²) in [7, 11) is 0. The van der Waals surface area contributed by atoms with E-state index in [4.69, 9.17) is 0 Å². The SMILES string of the molecule is C[C@@H]1[C@H]2C[C@@H](C[C@H]1Nc1cnn(CCNCc3ccncc3)c(=O)c1Br)C2(C)C. The van der Waals surface area contributed by atoms with Crippen LogP contribution < -0.4 is 16.2 Å². The molecular weight excluding hydrogens is 430 g/mol. The second kappa shape index (κ2) is 8.19. The van der Waals surface area contributed by atoms with Crippen molar-refractivity contribution in [2.24, 2.45) is 23.2 Å². The summed E-state index contributed by atoms with van der Waals surface area (Å²) in [5.41, 5.74) is 2.35. The molecule has 0 unspecified atom stereocenters. The quantitative estimate of drug-likeness (QED) is 0.617. The summed E-state index contributed by atoms with van der Waals surface area (Å²) < 4.78 is 2.09. The van der Waals surface area contributed by atoms with E-state index >= 15 is 0 Å². The third kappa shape index (κ3) is 3.99. The number of fused-ring (bicyclic) bond motifs is 2. The summed E-state index contributed by atoms with van der Waals surface area (Å²) in [6.07, 6.45) is 7.86. The summed E-state index contributed by atoms with van der Waals surface area (Å²) >= 11 is 3.51. The average molecular weight is 460 g/mol. The van der Waals surface area contributed by atoms with Gasteiger partial charge in [0.2, 0.25) is 0 Å². The smallest absolute Gasteiger partial charge is 0.283 e. The molecule has 2 aromatic heterocycles. The van der Waals surface area contributed by atoms with Crippen LogP contribution >= 0.6 is 15.9 Å². The zero-order chi connectivity index (χ0) is 20.6. The molecule has 2 N–H and O–H groups in total. The van der Waals surface area contributed by atoms with E-state index in [0.717, 1.165) is 24.1 Å². The maximum atomic E-state index is 12.7. The molecule has 2 aromatic rings. The molecule has 3 aliphatic rings. The molecule has 7 heteroatoms. The van der Waals surface area contributed by atoms with Gasteiger partial charge in [-0.1, -0.05) is 20.8 Å². The molecule has 3 fully saturated rings. The lowest BCUT2D eigenvalue weighted by Crippen LogP contribution is -2.58. The van der Waals surface area contributed by atoms with Crippen LogP contribution in [0.15, 0.2) is 40.0 Å². The molecule has 156 valence electrons. The number of halogens is 1. The molecular formula is C22H30BrN5O. The Morgan fingerprint density at radius 1 is 1.28 bits per heavy atom. The number of nitrogens with one attached hydrogen (secondary N) is 2. The molecule has 2 heterocycles. The van der Waals surface area contributed by atoms with Gasteiger partial charge in [0.05, 0.1) is 18.4 Å². The number of rotatable bonds is 7.